The summed E-state index contributed by atoms with van der Waals surface area (Å²) in [5.74, 6) is -0.173. The smallest absolute Gasteiger partial charge is 0.251 e. The number of amides is 1. The fourth-order valence-corrected chi connectivity index (χ4v) is 3.03. The first kappa shape index (κ1) is 18.1. The number of hydrogen-bond donors (Lipinski definition) is 2. The summed E-state index contributed by atoms with van der Waals surface area (Å²) >= 11 is 0. The Bertz CT molecular complexity index is 759. The maximum Gasteiger partial charge on any atom is 0.251 e. The van der Waals surface area contributed by atoms with Crippen molar-refractivity contribution >= 4 is 15.9 Å². The van der Waals surface area contributed by atoms with Crippen LogP contribution in [0.5, 0.6) is 0 Å². The lowest BCUT2D eigenvalue weighted by Gasteiger charge is -2.08. The van der Waals surface area contributed by atoms with Gasteiger partial charge in [-0.1, -0.05) is 30.3 Å². The monoisotopic (exact) mass is 348 g/mol. The molecule has 2 rings (SSSR count). The molecule has 0 saturated carbocycles. The zero-order chi connectivity index (χ0) is 17.4. The van der Waals surface area contributed by atoms with Crippen LogP contribution < -0.4 is 10.0 Å². The molecule has 0 unspecified atom stereocenters. The largest absolute Gasteiger partial charge is 0.383 e. The fourth-order valence-electron chi connectivity index (χ4n) is 2.02. The second-order valence-corrected chi connectivity index (χ2v) is 6.85. The van der Waals surface area contributed by atoms with Gasteiger partial charge in [0.1, 0.15) is 0 Å². The van der Waals surface area contributed by atoms with Crippen molar-refractivity contribution in [3.63, 3.8) is 0 Å². The van der Waals surface area contributed by atoms with Gasteiger partial charge in [-0.25, -0.2) is 13.1 Å². The first-order valence-corrected chi connectivity index (χ1v) is 8.92. The summed E-state index contributed by atoms with van der Waals surface area (Å²) in [6.45, 7) is 0.849. The molecule has 0 atom stereocenters. The van der Waals surface area contributed by atoms with E-state index in [9.17, 15) is 13.2 Å². The van der Waals surface area contributed by atoms with Crippen molar-refractivity contribution in [3.8, 4) is 0 Å². The maximum atomic E-state index is 12.0. The summed E-state index contributed by atoms with van der Waals surface area (Å²) in [6.07, 6.45) is 0. The first-order chi connectivity index (χ1) is 11.5. The highest BCUT2D eigenvalue weighted by Crippen LogP contribution is 2.10. The Morgan fingerprint density at radius 2 is 1.71 bits per heavy atom. The van der Waals surface area contributed by atoms with Crippen LogP contribution in [0.2, 0.25) is 0 Å². The molecular weight excluding hydrogens is 328 g/mol. The van der Waals surface area contributed by atoms with Gasteiger partial charge in [-0.2, -0.15) is 0 Å². The molecule has 0 aliphatic carbocycles. The molecule has 24 heavy (non-hydrogen) atoms. The van der Waals surface area contributed by atoms with Crippen molar-refractivity contribution in [3.05, 3.63) is 65.7 Å². The minimum absolute atomic E-state index is 0.173. The molecule has 0 radical (unpaired) electrons. The molecule has 0 saturated heterocycles. The summed E-state index contributed by atoms with van der Waals surface area (Å²) in [5.41, 5.74) is 1.40. The van der Waals surface area contributed by atoms with Gasteiger partial charge in [-0.05, 0) is 29.8 Å². The van der Waals surface area contributed by atoms with Crippen molar-refractivity contribution in [2.24, 2.45) is 0 Å². The number of carbonyl (C=O) groups excluding carboxylic acids is 1. The van der Waals surface area contributed by atoms with Gasteiger partial charge in [0.2, 0.25) is 10.0 Å². The van der Waals surface area contributed by atoms with Crippen LogP contribution in [0.3, 0.4) is 0 Å². The molecule has 2 N–H and O–H groups in total. The van der Waals surface area contributed by atoms with Gasteiger partial charge < -0.3 is 10.1 Å². The molecule has 2 aromatic carbocycles. The van der Waals surface area contributed by atoms with Crippen LogP contribution in [-0.4, -0.2) is 34.6 Å². The third-order valence-electron chi connectivity index (χ3n) is 3.32. The molecule has 7 heteroatoms. The lowest BCUT2D eigenvalue weighted by molar-refractivity contribution is 0.0951. The fraction of sp³-hybridized carbons (Fsp3) is 0.235. The van der Waals surface area contributed by atoms with Crippen LogP contribution >= 0.6 is 0 Å². The Morgan fingerprint density at radius 3 is 2.33 bits per heavy atom. The highest BCUT2D eigenvalue weighted by molar-refractivity contribution is 7.89. The molecule has 6 nitrogen and oxygen atoms in total. The first-order valence-electron chi connectivity index (χ1n) is 7.44. The summed E-state index contributed by atoms with van der Waals surface area (Å²) in [5, 5.41) is 2.79. The zero-order valence-corrected chi connectivity index (χ0v) is 14.2. The standard InChI is InChI=1S/C17H20N2O4S/c1-23-12-11-19-24(21,22)16-9-7-14(8-10-16)13-18-17(20)15-5-3-2-4-6-15/h2-10,19H,11-13H2,1H3,(H,18,20). The van der Waals surface area contributed by atoms with Gasteiger partial charge in [0.05, 0.1) is 11.5 Å². The lowest BCUT2D eigenvalue weighted by Crippen LogP contribution is -2.27. The molecule has 128 valence electrons. The summed E-state index contributed by atoms with van der Waals surface area (Å²) < 4.78 is 31.3. The minimum Gasteiger partial charge on any atom is -0.383 e. The van der Waals surface area contributed by atoms with E-state index in [0.29, 0.717) is 18.7 Å². The molecule has 0 heterocycles. The molecule has 0 spiro atoms. The van der Waals surface area contributed by atoms with Gasteiger partial charge >= 0.3 is 0 Å². The van der Waals surface area contributed by atoms with E-state index >= 15 is 0 Å². The topological polar surface area (TPSA) is 84.5 Å². The number of benzene rings is 2. The van der Waals surface area contributed by atoms with Crippen molar-refractivity contribution < 1.29 is 17.9 Å². The molecule has 0 aliphatic heterocycles. The van der Waals surface area contributed by atoms with Crippen LogP contribution in [0, 0.1) is 0 Å². The van der Waals surface area contributed by atoms with Crippen molar-refractivity contribution in [2.75, 3.05) is 20.3 Å². The van der Waals surface area contributed by atoms with E-state index in [0.717, 1.165) is 5.56 Å². The van der Waals surface area contributed by atoms with Gasteiger partial charge in [0, 0.05) is 25.8 Å². The Hall–Kier alpha value is -2.22. The Morgan fingerprint density at radius 1 is 1.04 bits per heavy atom. The van der Waals surface area contributed by atoms with Crippen molar-refractivity contribution in [2.45, 2.75) is 11.4 Å². The van der Waals surface area contributed by atoms with E-state index in [1.165, 1.54) is 19.2 Å². The number of nitrogens with one attached hydrogen (secondary N) is 2. The predicted molar refractivity (Wildman–Crippen MR) is 91.1 cm³/mol. The average Bonchev–Trinajstić information content (AvgIpc) is 2.61. The van der Waals surface area contributed by atoms with Gasteiger partial charge in [0.15, 0.2) is 0 Å². The second-order valence-electron chi connectivity index (χ2n) is 5.08. The van der Waals surface area contributed by atoms with Crippen LogP contribution in [-0.2, 0) is 21.3 Å². The van der Waals surface area contributed by atoms with Gasteiger partial charge in [-0.3, -0.25) is 4.79 Å². The van der Waals surface area contributed by atoms with Crippen LogP contribution in [0.15, 0.2) is 59.5 Å². The number of carbonyl (C=O) groups is 1. The van der Waals surface area contributed by atoms with E-state index in [2.05, 4.69) is 10.0 Å². The Balaban J connectivity index is 1.93. The quantitative estimate of drug-likeness (QED) is 0.709. The van der Waals surface area contributed by atoms with Crippen molar-refractivity contribution in [1.82, 2.24) is 10.0 Å². The minimum atomic E-state index is -3.54. The highest BCUT2D eigenvalue weighted by Gasteiger charge is 2.13. The van der Waals surface area contributed by atoms with Crippen molar-refractivity contribution in [1.29, 1.82) is 0 Å². The SMILES string of the molecule is COCCNS(=O)(=O)c1ccc(CNC(=O)c2ccccc2)cc1. The molecule has 0 fully saturated rings. The summed E-state index contributed by atoms with van der Waals surface area (Å²) in [7, 11) is -2.03. The van der Waals surface area contributed by atoms with Gasteiger partial charge in [-0.15, -0.1) is 0 Å². The average molecular weight is 348 g/mol. The second kappa shape index (κ2) is 8.58. The van der Waals surface area contributed by atoms with E-state index in [1.54, 1.807) is 36.4 Å². The molecule has 2 aromatic rings. The normalized spacial score (nSPS) is 11.2. The highest BCUT2D eigenvalue weighted by atomic mass is 32.2. The van der Waals surface area contributed by atoms with E-state index in [1.807, 2.05) is 6.07 Å². The molecule has 1 amide bonds. The maximum absolute atomic E-state index is 12.0. The molecule has 0 aliphatic rings. The number of ether oxygens (including phenoxy) is 1. The van der Waals surface area contributed by atoms with Crippen LogP contribution in [0.25, 0.3) is 0 Å². The third-order valence-corrected chi connectivity index (χ3v) is 4.80. The predicted octanol–water partition coefficient (Wildman–Crippen LogP) is 1.54. The summed E-state index contributed by atoms with van der Waals surface area (Å²) in [4.78, 5) is 12.1. The van der Waals surface area contributed by atoms with E-state index in [-0.39, 0.29) is 17.3 Å². The Kier molecular flexibility index (Phi) is 6.48. The number of methoxy groups -OCH3 is 1. The molecular formula is C17H20N2O4S. The molecule has 0 bridgehead atoms. The Labute approximate surface area is 141 Å². The van der Waals surface area contributed by atoms with Crippen LogP contribution in [0.1, 0.15) is 15.9 Å². The van der Waals surface area contributed by atoms with Crippen LogP contribution in [0.4, 0.5) is 0 Å². The summed E-state index contributed by atoms with van der Waals surface area (Å²) in [6, 6.07) is 15.3. The number of sulfonamides is 1. The zero-order valence-electron chi connectivity index (χ0n) is 13.4. The van der Waals surface area contributed by atoms with Gasteiger partial charge in [0.25, 0.3) is 5.91 Å². The number of rotatable bonds is 8. The third kappa shape index (κ3) is 5.16. The van der Waals surface area contributed by atoms with E-state index in [4.69, 9.17) is 4.74 Å². The van der Waals surface area contributed by atoms with E-state index < -0.39 is 10.0 Å². The number of hydrogen-bond acceptors (Lipinski definition) is 4. The molecule has 0 aromatic heterocycles. The lowest BCUT2D eigenvalue weighted by atomic mass is 10.2.